The molecule has 2 aromatic rings. The molecule has 0 fully saturated rings. The van der Waals surface area contributed by atoms with Gasteiger partial charge in [0.2, 0.25) is 0 Å². The van der Waals surface area contributed by atoms with Gasteiger partial charge in [-0.3, -0.25) is 0 Å². The minimum atomic E-state index is 0.000694. The Hall–Kier alpha value is -1.95. The van der Waals surface area contributed by atoms with Crippen LogP contribution in [0.1, 0.15) is 17.2 Å². The van der Waals surface area contributed by atoms with Crippen LogP contribution >= 0.6 is 11.8 Å². The van der Waals surface area contributed by atoms with Crippen LogP contribution in [-0.2, 0) is 0 Å². The second-order valence-corrected chi connectivity index (χ2v) is 4.76. The van der Waals surface area contributed by atoms with Crippen LogP contribution < -0.4 is 5.73 Å². The van der Waals surface area contributed by atoms with E-state index in [9.17, 15) is 0 Å². The molecule has 1 aromatic carbocycles. The SMILES string of the molecule is N/C(CC(Sc1ncco1)c1ccccc1)=N/O. The first-order valence-electron chi connectivity index (χ1n) is 5.37. The highest BCUT2D eigenvalue weighted by Crippen LogP contribution is 2.36. The number of benzene rings is 1. The van der Waals surface area contributed by atoms with E-state index in [1.807, 2.05) is 30.3 Å². The molecule has 2 rings (SSSR count). The highest BCUT2D eigenvalue weighted by Gasteiger charge is 2.17. The lowest BCUT2D eigenvalue weighted by Gasteiger charge is -2.13. The summed E-state index contributed by atoms with van der Waals surface area (Å²) in [5.74, 6) is 0.183. The van der Waals surface area contributed by atoms with Gasteiger partial charge in [0.05, 0.1) is 6.20 Å². The Morgan fingerprint density at radius 1 is 1.44 bits per heavy atom. The van der Waals surface area contributed by atoms with E-state index in [-0.39, 0.29) is 11.1 Å². The molecule has 0 spiro atoms. The van der Waals surface area contributed by atoms with Crippen LogP contribution in [0.3, 0.4) is 0 Å². The Labute approximate surface area is 109 Å². The van der Waals surface area contributed by atoms with Crippen molar-refractivity contribution in [3.8, 4) is 0 Å². The lowest BCUT2D eigenvalue weighted by Crippen LogP contribution is -2.14. The molecule has 5 nitrogen and oxygen atoms in total. The molecular weight excluding hydrogens is 250 g/mol. The highest BCUT2D eigenvalue weighted by atomic mass is 32.2. The first-order valence-corrected chi connectivity index (χ1v) is 6.25. The summed E-state index contributed by atoms with van der Waals surface area (Å²) in [5, 5.41) is 12.2. The maximum Gasteiger partial charge on any atom is 0.256 e. The lowest BCUT2D eigenvalue weighted by molar-refractivity contribution is 0.317. The van der Waals surface area contributed by atoms with Gasteiger partial charge in [-0.25, -0.2) is 4.98 Å². The zero-order valence-electron chi connectivity index (χ0n) is 9.56. The number of aromatic nitrogens is 1. The van der Waals surface area contributed by atoms with Gasteiger partial charge in [-0.05, 0) is 5.56 Å². The number of hydrogen-bond acceptors (Lipinski definition) is 5. The third-order valence-electron chi connectivity index (χ3n) is 2.35. The van der Waals surface area contributed by atoms with Crippen molar-refractivity contribution >= 4 is 17.6 Å². The predicted octanol–water partition coefficient (Wildman–Crippen LogP) is 2.64. The minimum absolute atomic E-state index is 0.000694. The summed E-state index contributed by atoms with van der Waals surface area (Å²) >= 11 is 1.44. The number of nitrogens with two attached hydrogens (primary N) is 1. The van der Waals surface area contributed by atoms with Crippen LogP contribution in [0.25, 0.3) is 0 Å². The van der Waals surface area contributed by atoms with Gasteiger partial charge in [0.25, 0.3) is 5.22 Å². The number of amidine groups is 1. The monoisotopic (exact) mass is 263 g/mol. The molecule has 1 aromatic heterocycles. The van der Waals surface area contributed by atoms with Gasteiger partial charge in [0.1, 0.15) is 12.1 Å². The first kappa shape index (κ1) is 12.5. The van der Waals surface area contributed by atoms with Gasteiger partial charge in [-0.2, -0.15) is 0 Å². The fourth-order valence-corrected chi connectivity index (χ4v) is 2.54. The maximum atomic E-state index is 8.67. The van der Waals surface area contributed by atoms with Crippen LogP contribution in [0.4, 0.5) is 0 Å². The lowest BCUT2D eigenvalue weighted by atomic mass is 10.1. The standard InChI is InChI=1S/C12H13N3O2S/c13-11(15-16)8-10(9-4-2-1-3-5-9)18-12-14-6-7-17-12/h1-7,10,16H,8H2,(H2,13,15). The quantitative estimate of drug-likeness (QED) is 0.285. The van der Waals surface area contributed by atoms with Crippen molar-refractivity contribution in [2.45, 2.75) is 16.9 Å². The normalized spacial score (nSPS) is 13.4. The fourth-order valence-electron chi connectivity index (χ4n) is 1.52. The third kappa shape index (κ3) is 3.27. The molecule has 0 radical (unpaired) electrons. The molecule has 1 heterocycles. The molecule has 94 valence electrons. The van der Waals surface area contributed by atoms with Crippen LogP contribution in [0.5, 0.6) is 0 Å². The van der Waals surface area contributed by atoms with E-state index in [0.29, 0.717) is 11.6 Å². The maximum absolute atomic E-state index is 8.67. The van der Waals surface area contributed by atoms with Gasteiger partial charge >= 0.3 is 0 Å². The van der Waals surface area contributed by atoms with Crippen LogP contribution in [0.2, 0.25) is 0 Å². The van der Waals surface area contributed by atoms with Crippen molar-refractivity contribution in [3.63, 3.8) is 0 Å². The molecular formula is C12H13N3O2S. The van der Waals surface area contributed by atoms with E-state index in [1.165, 1.54) is 18.0 Å². The Morgan fingerprint density at radius 3 is 2.83 bits per heavy atom. The summed E-state index contributed by atoms with van der Waals surface area (Å²) in [6, 6.07) is 9.83. The van der Waals surface area contributed by atoms with Gasteiger partial charge in [0.15, 0.2) is 0 Å². The van der Waals surface area contributed by atoms with Crippen molar-refractivity contribution in [1.29, 1.82) is 0 Å². The third-order valence-corrected chi connectivity index (χ3v) is 3.47. The molecule has 0 amide bonds. The topological polar surface area (TPSA) is 84.6 Å². The second-order valence-electron chi connectivity index (χ2n) is 3.61. The average molecular weight is 263 g/mol. The second kappa shape index (κ2) is 6.11. The van der Waals surface area contributed by atoms with Crippen LogP contribution in [0.15, 0.2) is 57.6 Å². The summed E-state index contributed by atoms with van der Waals surface area (Å²) in [4.78, 5) is 4.07. The summed E-state index contributed by atoms with van der Waals surface area (Å²) in [5.41, 5.74) is 6.65. The van der Waals surface area contributed by atoms with E-state index in [0.717, 1.165) is 5.56 Å². The summed E-state index contributed by atoms with van der Waals surface area (Å²) in [6.07, 6.45) is 3.54. The van der Waals surface area contributed by atoms with Gasteiger partial charge < -0.3 is 15.4 Å². The Morgan fingerprint density at radius 2 is 2.22 bits per heavy atom. The Bertz CT molecular complexity index is 499. The largest absolute Gasteiger partial charge is 0.440 e. The van der Waals surface area contributed by atoms with Crippen LogP contribution in [0, 0.1) is 0 Å². The molecule has 3 N–H and O–H groups in total. The zero-order valence-corrected chi connectivity index (χ0v) is 10.4. The van der Waals surface area contributed by atoms with Crippen molar-refractivity contribution in [2.75, 3.05) is 0 Å². The molecule has 0 saturated carbocycles. The Balaban J connectivity index is 2.18. The van der Waals surface area contributed by atoms with Crippen molar-refractivity contribution < 1.29 is 9.62 Å². The average Bonchev–Trinajstić information content (AvgIpc) is 2.92. The molecule has 0 bridgehead atoms. The summed E-state index contributed by atoms with van der Waals surface area (Å²) in [6.45, 7) is 0. The smallest absolute Gasteiger partial charge is 0.256 e. The van der Waals surface area contributed by atoms with Crippen LogP contribution in [-0.4, -0.2) is 16.0 Å². The van der Waals surface area contributed by atoms with Gasteiger partial charge in [-0.1, -0.05) is 47.2 Å². The van der Waals surface area contributed by atoms with E-state index >= 15 is 0 Å². The van der Waals surface area contributed by atoms with Crippen molar-refractivity contribution in [2.24, 2.45) is 10.9 Å². The minimum Gasteiger partial charge on any atom is -0.440 e. The number of oxazole rings is 1. The van der Waals surface area contributed by atoms with Crippen molar-refractivity contribution in [3.05, 3.63) is 48.4 Å². The molecule has 18 heavy (non-hydrogen) atoms. The van der Waals surface area contributed by atoms with E-state index < -0.39 is 0 Å². The summed E-state index contributed by atoms with van der Waals surface area (Å²) in [7, 11) is 0. The molecule has 6 heteroatoms. The summed E-state index contributed by atoms with van der Waals surface area (Å²) < 4.78 is 5.21. The van der Waals surface area contributed by atoms with Gasteiger partial charge in [-0.15, -0.1) is 0 Å². The molecule has 0 aliphatic carbocycles. The number of oxime groups is 1. The van der Waals surface area contributed by atoms with Crippen molar-refractivity contribution in [1.82, 2.24) is 4.98 Å². The predicted molar refractivity (Wildman–Crippen MR) is 69.6 cm³/mol. The number of rotatable bonds is 5. The number of hydrogen-bond donors (Lipinski definition) is 2. The van der Waals surface area contributed by atoms with E-state index in [1.54, 1.807) is 6.20 Å². The molecule has 1 atom stereocenters. The molecule has 1 unspecified atom stereocenters. The first-order chi connectivity index (χ1) is 8.79. The zero-order chi connectivity index (χ0) is 12.8. The highest BCUT2D eigenvalue weighted by molar-refractivity contribution is 7.99. The van der Waals surface area contributed by atoms with E-state index in [4.69, 9.17) is 15.4 Å². The molecule has 0 saturated heterocycles. The number of thioether (sulfide) groups is 1. The molecule has 0 aliphatic rings. The van der Waals surface area contributed by atoms with E-state index in [2.05, 4.69) is 10.1 Å². The molecule has 0 aliphatic heterocycles. The Kier molecular flexibility index (Phi) is 4.25. The van der Waals surface area contributed by atoms with Gasteiger partial charge in [0, 0.05) is 11.7 Å². The fraction of sp³-hybridized carbons (Fsp3) is 0.167. The number of nitrogens with zero attached hydrogens (tertiary/aromatic N) is 2.